The van der Waals surface area contributed by atoms with Gasteiger partial charge in [-0.3, -0.25) is 9.59 Å². The zero-order valence-corrected chi connectivity index (χ0v) is 20.1. The molecule has 1 spiro atoms. The van der Waals surface area contributed by atoms with Gasteiger partial charge in [-0.1, -0.05) is 41.4 Å². The van der Waals surface area contributed by atoms with Crippen molar-refractivity contribution in [3.05, 3.63) is 93.5 Å². The Bertz CT molecular complexity index is 1270. The number of hydrogen-bond donors (Lipinski definition) is 0. The summed E-state index contributed by atoms with van der Waals surface area (Å²) in [6.45, 7) is 0.798. The van der Waals surface area contributed by atoms with Gasteiger partial charge in [-0.15, -0.1) is 11.8 Å². The lowest BCUT2D eigenvalue weighted by molar-refractivity contribution is -0.123. The molecule has 0 N–H and O–H groups in total. The summed E-state index contributed by atoms with van der Waals surface area (Å²) in [5, 5.41) is 0.995. The summed E-state index contributed by atoms with van der Waals surface area (Å²) < 4.78 is 5.34. The molecule has 2 aliphatic heterocycles. The molecule has 2 amide bonds. The second kappa shape index (κ2) is 8.60. The lowest BCUT2D eigenvalue weighted by Gasteiger charge is -2.33. The van der Waals surface area contributed by atoms with Crippen LogP contribution in [0.3, 0.4) is 0 Å². The van der Waals surface area contributed by atoms with Crippen LogP contribution < -0.4 is 9.64 Å². The fourth-order valence-electron chi connectivity index (χ4n) is 4.48. The third kappa shape index (κ3) is 3.66. The summed E-state index contributed by atoms with van der Waals surface area (Å²) in [6, 6.07) is 19.9. The molecule has 1 fully saturated rings. The highest BCUT2D eigenvalue weighted by molar-refractivity contribution is 8.01. The molecule has 0 radical (unpaired) electrons. The smallest absolute Gasteiger partial charge is 0.268 e. The van der Waals surface area contributed by atoms with Gasteiger partial charge in [0.2, 0.25) is 0 Å². The van der Waals surface area contributed by atoms with E-state index < -0.39 is 4.87 Å². The van der Waals surface area contributed by atoms with E-state index in [-0.39, 0.29) is 11.8 Å². The van der Waals surface area contributed by atoms with Crippen LogP contribution in [-0.4, -0.2) is 36.1 Å². The van der Waals surface area contributed by atoms with Gasteiger partial charge in [0.25, 0.3) is 11.8 Å². The zero-order chi connectivity index (χ0) is 23.2. The summed E-state index contributed by atoms with van der Waals surface area (Å²) in [4.78, 5) is 29.9. The minimum absolute atomic E-state index is 0.152. The number of carbonyl (C=O) groups excluding carboxylic acids is 2. The molecular weight excluding hydrogens is 479 g/mol. The van der Waals surface area contributed by atoms with E-state index in [1.54, 1.807) is 53.3 Å². The number of ether oxygens (including phenoxy) is 1. The first-order chi connectivity index (χ1) is 15.9. The average Bonchev–Trinajstić information content (AvgIpc) is 3.36. The van der Waals surface area contributed by atoms with Crippen molar-refractivity contribution < 1.29 is 14.3 Å². The number of fused-ring (bicyclic) bond motifs is 2. The van der Waals surface area contributed by atoms with Crippen LogP contribution in [0.25, 0.3) is 0 Å². The number of amides is 2. The summed E-state index contributed by atoms with van der Waals surface area (Å²) in [5.74, 6) is 0.973. The van der Waals surface area contributed by atoms with Crippen molar-refractivity contribution in [2.75, 3.05) is 24.3 Å². The second-order valence-electron chi connectivity index (χ2n) is 7.86. The molecule has 168 valence electrons. The molecule has 33 heavy (non-hydrogen) atoms. The Morgan fingerprint density at radius 3 is 2.64 bits per heavy atom. The number of carbonyl (C=O) groups is 2. The lowest BCUT2D eigenvalue weighted by atomic mass is 10.0. The minimum atomic E-state index is -1.17. The Balaban J connectivity index is 1.59. The number of nitrogens with zero attached hydrogens (tertiary/aromatic N) is 2. The van der Waals surface area contributed by atoms with E-state index in [4.69, 9.17) is 27.9 Å². The van der Waals surface area contributed by atoms with Crippen molar-refractivity contribution in [3.8, 4) is 5.75 Å². The van der Waals surface area contributed by atoms with Crippen LogP contribution in [0.1, 0.15) is 21.5 Å². The molecule has 1 unspecified atom stereocenters. The van der Waals surface area contributed by atoms with Gasteiger partial charge in [-0.05, 0) is 54.1 Å². The SMILES string of the molecule is COc1cccc(CN2C(=O)C3(SCCN3C(=O)c3cccc(Cl)c3)c3cc(Cl)ccc32)c1. The molecule has 3 aromatic carbocycles. The van der Waals surface area contributed by atoms with E-state index in [0.717, 1.165) is 22.6 Å². The van der Waals surface area contributed by atoms with Crippen molar-refractivity contribution in [1.82, 2.24) is 4.90 Å². The van der Waals surface area contributed by atoms with Gasteiger partial charge in [0.15, 0.2) is 4.87 Å². The van der Waals surface area contributed by atoms with Crippen molar-refractivity contribution in [3.63, 3.8) is 0 Å². The maximum atomic E-state index is 14.1. The Hall–Kier alpha value is -2.67. The highest BCUT2D eigenvalue weighted by atomic mass is 35.5. The van der Waals surface area contributed by atoms with Crippen LogP contribution in [0, 0.1) is 0 Å². The van der Waals surface area contributed by atoms with E-state index in [1.165, 1.54) is 11.8 Å². The molecule has 0 bridgehead atoms. The molecule has 0 saturated carbocycles. The van der Waals surface area contributed by atoms with E-state index in [9.17, 15) is 9.59 Å². The van der Waals surface area contributed by atoms with Gasteiger partial charge in [0.1, 0.15) is 5.75 Å². The Morgan fingerprint density at radius 1 is 1.06 bits per heavy atom. The van der Waals surface area contributed by atoms with Gasteiger partial charge in [0.05, 0.1) is 19.3 Å². The van der Waals surface area contributed by atoms with Crippen molar-refractivity contribution in [2.45, 2.75) is 11.4 Å². The molecule has 1 saturated heterocycles. The monoisotopic (exact) mass is 498 g/mol. The molecule has 2 heterocycles. The highest BCUT2D eigenvalue weighted by Gasteiger charge is 2.59. The van der Waals surface area contributed by atoms with Crippen LogP contribution in [0.5, 0.6) is 5.75 Å². The predicted octanol–water partition coefficient (Wildman–Crippen LogP) is 5.59. The maximum absolute atomic E-state index is 14.1. The van der Waals surface area contributed by atoms with E-state index in [1.807, 2.05) is 30.3 Å². The van der Waals surface area contributed by atoms with Crippen LogP contribution in [0.4, 0.5) is 5.69 Å². The van der Waals surface area contributed by atoms with Gasteiger partial charge >= 0.3 is 0 Å². The summed E-state index contributed by atoms with van der Waals surface area (Å²) in [7, 11) is 1.61. The van der Waals surface area contributed by atoms with Crippen LogP contribution in [0.15, 0.2) is 66.7 Å². The van der Waals surface area contributed by atoms with Gasteiger partial charge in [-0.25, -0.2) is 0 Å². The van der Waals surface area contributed by atoms with Crippen molar-refractivity contribution in [2.24, 2.45) is 0 Å². The maximum Gasteiger partial charge on any atom is 0.268 e. The quantitative estimate of drug-likeness (QED) is 0.470. The number of anilines is 1. The van der Waals surface area contributed by atoms with Crippen LogP contribution in [-0.2, 0) is 16.2 Å². The summed E-state index contributed by atoms with van der Waals surface area (Å²) >= 11 is 14.0. The predicted molar refractivity (Wildman–Crippen MR) is 132 cm³/mol. The molecule has 5 rings (SSSR count). The Labute approximate surface area is 206 Å². The molecule has 0 aliphatic carbocycles. The normalized spacial score (nSPS) is 19.3. The second-order valence-corrected chi connectivity index (χ2v) is 10.0. The number of methoxy groups -OCH3 is 1. The number of thioether (sulfide) groups is 1. The first-order valence-corrected chi connectivity index (χ1v) is 12.1. The average molecular weight is 499 g/mol. The van der Waals surface area contributed by atoms with E-state index in [0.29, 0.717) is 34.5 Å². The standard InChI is InChI=1S/C25H20Cl2N2O3S/c1-32-20-7-2-4-16(12-20)15-28-22-9-8-19(27)14-21(22)25(24(28)31)29(10-11-33-25)23(30)17-5-3-6-18(26)13-17/h2-9,12-14H,10-11,15H2,1H3. The van der Waals surface area contributed by atoms with Crippen LogP contribution in [0.2, 0.25) is 10.0 Å². The number of rotatable bonds is 4. The third-order valence-electron chi connectivity index (χ3n) is 5.95. The van der Waals surface area contributed by atoms with Gasteiger partial charge in [-0.2, -0.15) is 0 Å². The first-order valence-electron chi connectivity index (χ1n) is 10.4. The summed E-state index contributed by atoms with van der Waals surface area (Å²) in [6.07, 6.45) is 0. The Morgan fingerprint density at radius 2 is 1.85 bits per heavy atom. The molecule has 1 atom stereocenters. The fourth-order valence-corrected chi connectivity index (χ4v) is 6.29. The largest absolute Gasteiger partial charge is 0.497 e. The Kier molecular flexibility index (Phi) is 5.77. The van der Waals surface area contributed by atoms with E-state index in [2.05, 4.69) is 0 Å². The zero-order valence-electron chi connectivity index (χ0n) is 17.8. The van der Waals surface area contributed by atoms with Crippen LogP contribution >= 0.6 is 35.0 Å². The number of benzene rings is 3. The fraction of sp³-hybridized carbons (Fsp3) is 0.200. The van der Waals surface area contributed by atoms with E-state index >= 15 is 0 Å². The number of hydrogen-bond acceptors (Lipinski definition) is 4. The van der Waals surface area contributed by atoms with Crippen molar-refractivity contribution >= 4 is 52.5 Å². The molecule has 3 aromatic rings. The molecule has 2 aliphatic rings. The van der Waals surface area contributed by atoms with Crippen molar-refractivity contribution in [1.29, 1.82) is 0 Å². The highest BCUT2D eigenvalue weighted by Crippen LogP contribution is 2.55. The van der Waals surface area contributed by atoms with Gasteiger partial charge in [0, 0.05) is 33.5 Å². The molecule has 0 aromatic heterocycles. The van der Waals surface area contributed by atoms with Gasteiger partial charge < -0.3 is 14.5 Å². The minimum Gasteiger partial charge on any atom is -0.497 e. The summed E-state index contributed by atoms with van der Waals surface area (Å²) in [5.41, 5.74) is 2.87. The third-order valence-corrected chi connectivity index (χ3v) is 7.84. The molecule has 8 heteroatoms. The molecule has 5 nitrogen and oxygen atoms in total. The topological polar surface area (TPSA) is 49.9 Å². The first kappa shape index (κ1) is 22.1. The molecular formula is C25H20Cl2N2O3S. The lowest BCUT2D eigenvalue weighted by Crippen LogP contribution is -2.50. The number of halogens is 2.